The number of hydrogen-bond acceptors (Lipinski definition) is 2. The molecule has 0 spiro atoms. The number of fused-ring (bicyclic) bond motifs is 1. The summed E-state index contributed by atoms with van der Waals surface area (Å²) in [4.78, 5) is 15.0. The average molecular weight is 235 g/mol. The van der Waals surface area contributed by atoms with Crippen molar-refractivity contribution < 1.29 is 4.79 Å². The number of aryl methyl sites for hydroxylation is 1. The van der Waals surface area contributed by atoms with Crippen LogP contribution in [0.1, 0.15) is 12.1 Å². The van der Waals surface area contributed by atoms with Gasteiger partial charge in [-0.2, -0.15) is 0 Å². The molecule has 2 rings (SSSR count). The first kappa shape index (κ1) is 10.9. The highest BCUT2D eigenvalue weighted by atomic mass is 35.5. The minimum atomic E-state index is -0.319. The minimum Gasteiger partial charge on any atom is -0.370 e. The number of benzene rings is 1. The van der Waals surface area contributed by atoms with E-state index in [4.69, 9.17) is 17.3 Å². The maximum absolute atomic E-state index is 10.7. The summed E-state index contributed by atoms with van der Waals surface area (Å²) in [6, 6.07) is 7.55. The van der Waals surface area contributed by atoms with Crippen LogP contribution in [0.5, 0.6) is 0 Å². The molecule has 0 unspecified atom stereocenters. The van der Waals surface area contributed by atoms with E-state index in [2.05, 4.69) is 4.98 Å². The number of rotatable bonds is 3. The second-order valence-corrected chi connectivity index (χ2v) is 4.03. The van der Waals surface area contributed by atoms with E-state index in [1.807, 2.05) is 24.3 Å². The largest absolute Gasteiger partial charge is 0.370 e. The van der Waals surface area contributed by atoms with Gasteiger partial charge in [0.25, 0.3) is 0 Å². The first-order valence-corrected chi connectivity index (χ1v) is 5.36. The van der Waals surface area contributed by atoms with Crippen LogP contribution in [0.25, 0.3) is 10.8 Å². The molecule has 2 aromatic rings. The van der Waals surface area contributed by atoms with Gasteiger partial charge >= 0.3 is 0 Å². The summed E-state index contributed by atoms with van der Waals surface area (Å²) in [6.07, 6.45) is 2.58. The van der Waals surface area contributed by atoms with E-state index in [9.17, 15) is 4.79 Å². The molecule has 0 radical (unpaired) electrons. The molecule has 0 saturated heterocycles. The van der Waals surface area contributed by atoms with E-state index in [0.29, 0.717) is 17.9 Å². The molecule has 1 heterocycles. The Bertz CT molecular complexity index is 540. The molecule has 16 heavy (non-hydrogen) atoms. The molecular formula is C12H11ClN2O. The van der Waals surface area contributed by atoms with Gasteiger partial charge in [-0.15, -0.1) is 0 Å². The molecule has 0 aliphatic carbocycles. The van der Waals surface area contributed by atoms with Gasteiger partial charge in [0.1, 0.15) is 0 Å². The van der Waals surface area contributed by atoms with Gasteiger partial charge < -0.3 is 5.73 Å². The van der Waals surface area contributed by atoms with Crippen molar-refractivity contribution in [3.05, 3.63) is 41.2 Å². The zero-order chi connectivity index (χ0) is 11.5. The van der Waals surface area contributed by atoms with E-state index in [1.54, 1.807) is 6.20 Å². The first-order valence-electron chi connectivity index (χ1n) is 4.98. The van der Waals surface area contributed by atoms with Crippen molar-refractivity contribution >= 4 is 28.3 Å². The van der Waals surface area contributed by atoms with Crippen molar-refractivity contribution in [2.75, 3.05) is 0 Å². The summed E-state index contributed by atoms with van der Waals surface area (Å²) in [5, 5.41) is 2.72. The summed E-state index contributed by atoms with van der Waals surface area (Å²) >= 11 is 5.93. The Morgan fingerprint density at radius 3 is 2.94 bits per heavy atom. The fraction of sp³-hybridized carbons (Fsp3) is 0.167. The topological polar surface area (TPSA) is 56.0 Å². The zero-order valence-electron chi connectivity index (χ0n) is 8.61. The molecule has 0 aliphatic rings. The van der Waals surface area contributed by atoms with Gasteiger partial charge in [0, 0.05) is 28.7 Å². The predicted molar refractivity (Wildman–Crippen MR) is 64.3 cm³/mol. The lowest BCUT2D eigenvalue weighted by atomic mass is 10.1. The van der Waals surface area contributed by atoms with Crippen LogP contribution in [0.2, 0.25) is 5.02 Å². The van der Waals surface area contributed by atoms with Gasteiger partial charge in [-0.1, -0.05) is 17.7 Å². The van der Waals surface area contributed by atoms with Gasteiger partial charge in [-0.25, -0.2) is 0 Å². The molecule has 4 heteroatoms. The molecule has 0 atom stereocenters. The van der Waals surface area contributed by atoms with Crippen molar-refractivity contribution in [2.45, 2.75) is 12.8 Å². The molecule has 1 aromatic heterocycles. The Hall–Kier alpha value is -1.61. The van der Waals surface area contributed by atoms with Crippen molar-refractivity contribution in [1.29, 1.82) is 0 Å². The SMILES string of the molecule is NC(=O)CCc1nccc2ccc(Cl)cc12. The molecule has 2 N–H and O–H groups in total. The highest BCUT2D eigenvalue weighted by Gasteiger charge is 2.04. The molecule has 0 bridgehead atoms. The van der Waals surface area contributed by atoms with Gasteiger partial charge in [-0.3, -0.25) is 9.78 Å². The standard InChI is InChI=1S/C12H11ClN2O/c13-9-2-1-8-5-6-15-11(10(8)7-9)3-4-12(14)16/h1-2,5-7H,3-4H2,(H2,14,16). The predicted octanol–water partition coefficient (Wildman–Crippen LogP) is 2.31. The fourth-order valence-electron chi connectivity index (χ4n) is 1.64. The minimum absolute atomic E-state index is 0.304. The summed E-state index contributed by atoms with van der Waals surface area (Å²) < 4.78 is 0. The monoisotopic (exact) mass is 234 g/mol. The number of carbonyl (C=O) groups is 1. The van der Waals surface area contributed by atoms with Crippen LogP contribution >= 0.6 is 11.6 Å². The zero-order valence-corrected chi connectivity index (χ0v) is 9.37. The Balaban J connectivity index is 2.43. The van der Waals surface area contributed by atoms with Crippen LogP contribution in [0.3, 0.4) is 0 Å². The van der Waals surface area contributed by atoms with Crippen LogP contribution in [0.15, 0.2) is 30.5 Å². The number of nitrogens with two attached hydrogens (primary N) is 1. The van der Waals surface area contributed by atoms with E-state index >= 15 is 0 Å². The number of hydrogen-bond donors (Lipinski definition) is 1. The molecular weight excluding hydrogens is 224 g/mol. The number of halogens is 1. The second-order valence-electron chi connectivity index (χ2n) is 3.59. The van der Waals surface area contributed by atoms with E-state index < -0.39 is 0 Å². The highest BCUT2D eigenvalue weighted by Crippen LogP contribution is 2.22. The third kappa shape index (κ3) is 2.31. The highest BCUT2D eigenvalue weighted by molar-refractivity contribution is 6.31. The molecule has 0 saturated carbocycles. The quantitative estimate of drug-likeness (QED) is 0.886. The number of pyridine rings is 1. The summed E-state index contributed by atoms with van der Waals surface area (Å²) in [5.41, 5.74) is 5.98. The van der Waals surface area contributed by atoms with Crippen molar-refractivity contribution in [1.82, 2.24) is 4.98 Å². The lowest BCUT2D eigenvalue weighted by molar-refractivity contribution is -0.117. The van der Waals surface area contributed by atoms with Crippen LogP contribution in [0.4, 0.5) is 0 Å². The van der Waals surface area contributed by atoms with Crippen LogP contribution in [-0.2, 0) is 11.2 Å². The Kier molecular flexibility index (Phi) is 3.06. The van der Waals surface area contributed by atoms with Crippen molar-refractivity contribution in [3.8, 4) is 0 Å². The molecule has 1 amide bonds. The first-order chi connectivity index (χ1) is 7.66. The van der Waals surface area contributed by atoms with Gasteiger partial charge in [0.2, 0.25) is 5.91 Å². The second kappa shape index (κ2) is 4.49. The van der Waals surface area contributed by atoms with Gasteiger partial charge in [0.05, 0.1) is 0 Å². The number of amides is 1. The van der Waals surface area contributed by atoms with Crippen LogP contribution < -0.4 is 5.73 Å². The smallest absolute Gasteiger partial charge is 0.217 e. The summed E-state index contributed by atoms with van der Waals surface area (Å²) in [7, 11) is 0. The van der Waals surface area contributed by atoms with Crippen LogP contribution in [-0.4, -0.2) is 10.9 Å². The van der Waals surface area contributed by atoms with Crippen molar-refractivity contribution in [2.24, 2.45) is 5.73 Å². The van der Waals surface area contributed by atoms with Gasteiger partial charge in [-0.05, 0) is 30.0 Å². The molecule has 1 aromatic carbocycles. The number of aromatic nitrogens is 1. The number of nitrogens with zero attached hydrogens (tertiary/aromatic N) is 1. The Morgan fingerprint density at radius 2 is 2.19 bits per heavy atom. The summed E-state index contributed by atoms with van der Waals surface area (Å²) in [5.74, 6) is -0.319. The lowest BCUT2D eigenvalue weighted by Crippen LogP contribution is -2.11. The van der Waals surface area contributed by atoms with E-state index in [1.165, 1.54) is 0 Å². The normalized spacial score (nSPS) is 10.6. The molecule has 82 valence electrons. The lowest BCUT2D eigenvalue weighted by Gasteiger charge is -2.04. The fourth-order valence-corrected chi connectivity index (χ4v) is 1.81. The third-order valence-corrected chi connectivity index (χ3v) is 2.65. The summed E-state index contributed by atoms with van der Waals surface area (Å²) in [6.45, 7) is 0. The van der Waals surface area contributed by atoms with E-state index in [0.717, 1.165) is 16.5 Å². The van der Waals surface area contributed by atoms with Crippen LogP contribution in [0, 0.1) is 0 Å². The average Bonchev–Trinajstić information content (AvgIpc) is 2.26. The number of primary amides is 1. The Labute approximate surface area is 98.2 Å². The van der Waals surface area contributed by atoms with Gasteiger partial charge in [0.15, 0.2) is 0 Å². The molecule has 0 fully saturated rings. The molecule has 0 aliphatic heterocycles. The maximum atomic E-state index is 10.7. The number of carbonyl (C=O) groups excluding carboxylic acids is 1. The third-order valence-electron chi connectivity index (χ3n) is 2.42. The Morgan fingerprint density at radius 1 is 1.38 bits per heavy atom. The maximum Gasteiger partial charge on any atom is 0.217 e. The van der Waals surface area contributed by atoms with E-state index in [-0.39, 0.29) is 5.91 Å². The molecule has 3 nitrogen and oxygen atoms in total. The van der Waals surface area contributed by atoms with Crippen molar-refractivity contribution in [3.63, 3.8) is 0 Å².